The lowest BCUT2D eigenvalue weighted by Crippen LogP contribution is -2.14. The Morgan fingerprint density at radius 2 is 2.06 bits per heavy atom. The lowest BCUT2D eigenvalue weighted by molar-refractivity contribution is -0.150. The van der Waals surface area contributed by atoms with Crippen LogP contribution in [0, 0.1) is 0 Å². The van der Waals surface area contributed by atoms with E-state index >= 15 is 0 Å². The lowest BCUT2D eigenvalue weighted by atomic mass is 10.0. The van der Waals surface area contributed by atoms with E-state index in [-0.39, 0.29) is 5.56 Å². The summed E-state index contributed by atoms with van der Waals surface area (Å²) in [6, 6.07) is 4.44. The molecular formula is C12H15FO4. The molecule has 1 rings (SSSR count). The highest BCUT2D eigenvalue weighted by molar-refractivity contribution is 5.77. The number of aliphatic hydroxyl groups excluding tert-OH is 1. The second kappa shape index (κ2) is 5.63. The van der Waals surface area contributed by atoms with Crippen LogP contribution in [0.25, 0.3) is 0 Å². The second-order valence-corrected chi connectivity index (χ2v) is 3.54. The summed E-state index contributed by atoms with van der Waals surface area (Å²) in [4.78, 5) is 11.2. The molecule has 0 amide bonds. The third kappa shape index (κ3) is 2.94. The predicted molar refractivity (Wildman–Crippen MR) is 59.5 cm³/mol. The van der Waals surface area contributed by atoms with Crippen molar-refractivity contribution in [3.8, 4) is 5.75 Å². The van der Waals surface area contributed by atoms with Gasteiger partial charge >= 0.3 is 5.97 Å². The molecule has 4 nitrogen and oxygen atoms in total. The van der Waals surface area contributed by atoms with E-state index in [1.54, 1.807) is 0 Å². The monoisotopic (exact) mass is 242 g/mol. The SMILES string of the molecule is COC(=O)C(O)c1cc(C(C)F)ccc1OC. The van der Waals surface area contributed by atoms with Crippen molar-refractivity contribution in [2.24, 2.45) is 0 Å². The number of hydrogen-bond donors (Lipinski definition) is 1. The van der Waals surface area contributed by atoms with Gasteiger partial charge in [-0.2, -0.15) is 0 Å². The fourth-order valence-corrected chi connectivity index (χ4v) is 1.45. The van der Waals surface area contributed by atoms with E-state index < -0.39 is 18.2 Å². The first-order chi connectivity index (χ1) is 8.01. The van der Waals surface area contributed by atoms with E-state index in [0.29, 0.717) is 11.3 Å². The van der Waals surface area contributed by atoms with Crippen LogP contribution in [-0.2, 0) is 9.53 Å². The zero-order valence-corrected chi connectivity index (χ0v) is 9.94. The molecule has 0 saturated heterocycles. The summed E-state index contributed by atoms with van der Waals surface area (Å²) in [6.07, 6.45) is -2.67. The molecule has 0 aliphatic rings. The van der Waals surface area contributed by atoms with Crippen molar-refractivity contribution in [1.29, 1.82) is 0 Å². The topological polar surface area (TPSA) is 55.8 Å². The highest BCUT2D eigenvalue weighted by atomic mass is 19.1. The van der Waals surface area contributed by atoms with Crippen LogP contribution in [0.4, 0.5) is 4.39 Å². The number of aliphatic hydroxyl groups is 1. The van der Waals surface area contributed by atoms with Gasteiger partial charge in [0, 0.05) is 5.56 Å². The lowest BCUT2D eigenvalue weighted by Gasteiger charge is -2.14. The number of methoxy groups -OCH3 is 2. The number of halogens is 1. The van der Waals surface area contributed by atoms with Crippen LogP contribution in [-0.4, -0.2) is 25.3 Å². The number of ether oxygens (including phenoxy) is 2. The van der Waals surface area contributed by atoms with Gasteiger partial charge in [-0.25, -0.2) is 9.18 Å². The van der Waals surface area contributed by atoms with E-state index in [2.05, 4.69) is 4.74 Å². The van der Waals surface area contributed by atoms with Crippen molar-refractivity contribution in [3.05, 3.63) is 29.3 Å². The Morgan fingerprint density at radius 3 is 2.53 bits per heavy atom. The minimum Gasteiger partial charge on any atom is -0.496 e. The zero-order chi connectivity index (χ0) is 13.0. The van der Waals surface area contributed by atoms with Gasteiger partial charge in [0.25, 0.3) is 0 Å². The summed E-state index contributed by atoms with van der Waals surface area (Å²) in [5.41, 5.74) is 0.560. The Morgan fingerprint density at radius 1 is 1.41 bits per heavy atom. The first-order valence-electron chi connectivity index (χ1n) is 5.09. The molecule has 0 bridgehead atoms. The Bertz CT molecular complexity index is 403. The summed E-state index contributed by atoms with van der Waals surface area (Å²) in [6.45, 7) is 1.37. The fourth-order valence-electron chi connectivity index (χ4n) is 1.45. The maximum atomic E-state index is 13.2. The molecule has 1 aromatic carbocycles. The van der Waals surface area contributed by atoms with Gasteiger partial charge in [-0.05, 0) is 24.6 Å². The van der Waals surface area contributed by atoms with Crippen LogP contribution in [0.3, 0.4) is 0 Å². The molecule has 5 heteroatoms. The van der Waals surface area contributed by atoms with Crippen molar-refractivity contribution in [1.82, 2.24) is 0 Å². The van der Waals surface area contributed by atoms with Crippen LogP contribution < -0.4 is 4.74 Å². The molecule has 2 atom stereocenters. The molecule has 1 aromatic rings. The third-order valence-electron chi connectivity index (χ3n) is 2.43. The average Bonchev–Trinajstić information content (AvgIpc) is 2.35. The smallest absolute Gasteiger partial charge is 0.339 e. The van der Waals surface area contributed by atoms with Gasteiger partial charge < -0.3 is 14.6 Å². The van der Waals surface area contributed by atoms with Crippen molar-refractivity contribution in [2.45, 2.75) is 19.2 Å². The third-order valence-corrected chi connectivity index (χ3v) is 2.43. The van der Waals surface area contributed by atoms with E-state index in [1.807, 2.05) is 0 Å². The molecule has 0 radical (unpaired) electrons. The number of rotatable bonds is 4. The molecule has 0 spiro atoms. The molecule has 1 N–H and O–H groups in total. The predicted octanol–water partition coefficient (Wildman–Crippen LogP) is 1.93. The van der Waals surface area contributed by atoms with Gasteiger partial charge in [0.1, 0.15) is 11.9 Å². The molecule has 2 unspecified atom stereocenters. The van der Waals surface area contributed by atoms with Crippen molar-refractivity contribution < 1.29 is 23.8 Å². The Balaban J connectivity index is 3.18. The van der Waals surface area contributed by atoms with Crippen molar-refractivity contribution in [2.75, 3.05) is 14.2 Å². The molecule has 0 aliphatic heterocycles. The molecule has 0 aromatic heterocycles. The van der Waals surface area contributed by atoms with Gasteiger partial charge in [0.05, 0.1) is 14.2 Å². The highest BCUT2D eigenvalue weighted by Gasteiger charge is 2.23. The standard InChI is InChI=1S/C12H15FO4/c1-7(13)8-4-5-10(16-2)9(6-8)11(14)12(15)17-3/h4-7,11,14H,1-3H3. The molecule has 0 saturated carbocycles. The summed E-state index contributed by atoms with van der Waals surface area (Å²) in [5.74, 6) is -0.501. The van der Waals surface area contributed by atoms with E-state index in [0.717, 1.165) is 0 Å². The van der Waals surface area contributed by atoms with Crippen LogP contribution >= 0.6 is 0 Å². The first-order valence-corrected chi connectivity index (χ1v) is 5.09. The zero-order valence-electron chi connectivity index (χ0n) is 9.94. The van der Waals surface area contributed by atoms with Crippen LogP contribution in [0.1, 0.15) is 30.3 Å². The van der Waals surface area contributed by atoms with Crippen molar-refractivity contribution >= 4 is 5.97 Å². The number of benzene rings is 1. The quantitative estimate of drug-likeness (QED) is 0.820. The number of carbonyl (C=O) groups excluding carboxylic acids is 1. The van der Waals surface area contributed by atoms with Gasteiger partial charge in [-0.15, -0.1) is 0 Å². The first kappa shape index (κ1) is 13.4. The number of alkyl halides is 1. The fraction of sp³-hybridized carbons (Fsp3) is 0.417. The molecular weight excluding hydrogens is 227 g/mol. The summed E-state index contributed by atoms with van der Waals surface area (Å²) < 4.78 is 22.6. The molecule has 0 aliphatic carbocycles. The normalized spacial score (nSPS) is 13.9. The largest absolute Gasteiger partial charge is 0.496 e. The van der Waals surface area contributed by atoms with Gasteiger partial charge in [0.15, 0.2) is 6.10 Å². The van der Waals surface area contributed by atoms with Crippen LogP contribution in [0.2, 0.25) is 0 Å². The number of hydrogen-bond acceptors (Lipinski definition) is 4. The number of esters is 1. The van der Waals surface area contributed by atoms with Crippen molar-refractivity contribution in [3.63, 3.8) is 0 Å². The minimum absolute atomic E-state index is 0.196. The Hall–Kier alpha value is -1.62. The molecule has 17 heavy (non-hydrogen) atoms. The summed E-state index contributed by atoms with van der Waals surface area (Å²) >= 11 is 0. The average molecular weight is 242 g/mol. The minimum atomic E-state index is -1.48. The Labute approximate surface area is 99.0 Å². The highest BCUT2D eigenvalue weighted by Crippen LogP contribution is 2.30. The summed E-state index contributed by atoms with van der Waals surface area (Å²) in [5, 5.41) is 9.73. The molecule has 0 heterocycles. The van der Waals surface area contributed by atoms with E-state index in [4.69, 9.17) is 4.74 Å². The molecule has 94 valence electrons. The Kier molecular flexibility index (Phi) is 4.45. The van der Waals surface area contributed by atoms with Crippen LogP contribution in [0.15, 0.2) is 18.2 Å². The van der Waals surface area contributed by atoms with E-state index in [9.17, 15) is 14.3 Å². The van der Waals surface area contributed by atoms with Gasteiger partial charge in [-0.1, -0.05) is 6.07 Å². The number of carbonyl (C=O) groups is 1. The van der Waals surface area contributed by atoms with Crippen LogP contribution in [0.5, 0.6) is 5.75 Å². The molecule has 0 fully saturated rings. The maximum Gasteiger partial charge on any atom is 0.339 e. The van der Waals surface area contributed by atoms with Gasteiger partial charge in [-0.3, -0.25) is 0 Å². The van der Waals surface area contributed by atoms with Gasteiger partial charge in [0.2, 0.25) is 0 Å². The summed E-state index contributed by atoms with van der Waals surface area (Å²) in [7, 11) is 2.57. The van der Waals surface area contributed by atoms with E-state index in [1.165, 1.54) is 39.3 Å². The maximum absolute atomic E-state index is 13.2. The second-order valence-electron chi connectivity index (χ2n) is 3.54.